The number of fused-ring (bicyclic) bond motifs is 1. The van der Waals surface area contributed by atoms with Crippen molar-refractivity contribution < 1.29 is 14.3 Å². The number of nitrogens with one attached hydrogen (secondary N) is 2. The van der Waals surface area contributed by atoms with Gasteiger partial charge in [-0.3, -0.25) is 0 Å². The Morgan fingerprint density at radius 3 is 3.00 bits per heavy atom. The Labute approximate surface area is 149 Å². The summed E-state index contributed by atoms with van der Waals surface area (Å²) in [5.41, 5.74) is 2.58. The molecule has 2 heterocycles. The largest absolute Gasteiger partial charge is 0.493 e. The van der Waals surface area contributed by atoms with Gasteiger partial charge in [0.15, 0.2) is 0 Å². The lowest BCUT2D eigenvalue weighted by atomic mass is 9.89. The summed E-state index contributed by atoms with van der Waals surface area (Å²) in [5, 5.41) is 6.15. The Balaban J connectivity index is 1.21. The number of benzene rings is 1. The van der Waals surface area contributed by atoms with Crippen LogP contribution in [0.2, 0.25) is 0 Å². The fourth-order valence-electron chi connectivity index (χ4n) is 4.47. The van der Waals surface area contributed by atoms with Gasteiger partial charge in [0.2, 0.25) is 0 Å². The maximum absolute atomic E-state index is 12.2. The Morgan fingerprint density at radius 2 is 2.12 bits per heavy atom. The molecule has 2 N–H and O–H groups in total. The zero-order valence-corrected chi connectivity index (χ0v) is 14.8. The maximum Gasteiger partial charge on any atom is 0.315 e. The molecule has 1 aromatic carbocycles. The van der Waals surface area contributed by atoms with Crippen molar-refractivity contribution in [2.45, 2.75) is 63.0 Å². The van der Waals surface area contributed by atoms with Crippen LogP contribution in [-0.2, 0) is 17.6 Å². The van der Waals surface area contributed by atoms with Gasteiger partial charge < -0.3 is 20.1 Å². The second kappa shape index (κ2) is 7.24. The summed E-state index contributed by atoms with van der Waals surface area (Å²) in [7, 11) is 0. The van der Waals surface area contributed by atoms with E-state index in [0.29, 0.717) is 6.54 Å². The number of amides is 2. The van der Waals surface area contributed by atoms with E-state index in [2.05, 4.69) is 22.8 Å². The average Bonchev–Trinajstić information content (AvgIpc) is 3.24. The Hall–Kier alpha value is -1.75. The second-order valence-electron chi connectivity index (χ2n) is 7.62. The first-order valence-corrected chi connectivity index (χ1v) is 9.65. The first kappa shape index (κ1) is 16.7. The van der Waals surface area contributed by atoms with Gasteiger partial charge in [-0.1, -0.05) is 25.0 Å². The van der Waals surface area contributed by atoms with Crippen molar-refractivity contribution in [2.75, 3.05) is 19.8 Å². The number of rotatable bonds is 4. The fraction of sp³-hybridized carbons (Fsp3) is 0.650. The van der Waals surface area contributed by atoms with E-state index in [9.17, 15) is 4.79 Å². The van der Waals surface area contributed by atoms with Crippen LogP contribution in [0, 0.1) is 0 Å². The second-order valence-corrected chi connectivity index (χ2v) is 7.62. The van der Waals surface area contributed by atoms with Crippen molar-refractivity contribution in [1.29, 1.82) is 0 Å². The maximum atomic E-state index is 12.2. The van der Waals surface area contributed by atoms with Crippen LogP contribution >= 0.6 is 0 Å². The zero-order chi connectivity index (χ0) is 17.1. The number of carbonyl (C=O) groups is 1. The third-order valence-electron chi connectivity index (χ3n) is 5.80. The van der Waals surface area contributed by atoms with Crippen LogP contribution in [0.25, 0.3) is 0 Å². The summed E-state index contributed by atoms with van der Waals surface area (Å²) < 4.78 is 11.6. The molecule has 5 nitrogen and oxygen atoms in total. The van der Waals surface area contributed by atoms with Gasteiger partial charge in [0, 0.05) is 25.6 Å². The summed E-state index contributed by atoms with van der Waals surface area (Å²) in [6.07, 6.45) is 8.52. The molecule has 4 rings (SSSR count). The normalized spacial score (nSPS) is 23.9. The van der Waals surface area contributed by atoms with Gasteiger partial charge in [-0.15, -0.1) is 0 Å². The predicted octanol–water partition coefficient (Wildman–Crippen LogP) is 2.96. The zero-order valence-electron chi connectivity index (χ0n) is 14.8. The van der Waals surface area contributed by atoms with Crippen LogP contribution < -0.4 is 15.4 Å². The first-order chi connectivity index (χ1) is 12.2. The summed E-state index contributed by atoms with van der Waals surface area (Å²) in [4.78, 5) is 12.2. The standard InChI is InChI=1S/C20H28N2O3/c23-19(22-17-7-12-25-20(14-17)8-1-2-9-20)21-10-5-15-3-4-18-16(13-15)6-11-24-18/h3-4,13,17H,1-2,5-12,14H2,(H2,21,22,23). The van der Waals surface area contributed by atoms with Crippen LogP contribution in [0.5, 0.6) is 5.75 Å². The molecule has 2 aliphatic heterocycles. The molecule has 0 bridgehead atoms. The van der Waals surface area contributed by atoms with Crippen molar-refractivity contribution in [3.63, 3.8) is 0 Å². The SMILES string of the molecule is O=C(NCCc1ccc2c(c1)CCO2)NC1CCOC2(CCCC2)C1. The quantitative estimate of drug-likeness (QED) is 0.883. The Morgan fingerprint density at radius 1 is 1.24 bits per heavy atom. The fourth-order valence-corrected chi connectivity index (χ4v) is 4.47. The molecule has 1 spiro atoms. The third-order valence-corrected chi connectivity index (χ3v) is 5.80. The lowest BCUT2D eigenvalue weighted by Gasteiger charge is -2.38. The van der Waals surface area contributed by atoms with Gasteiger partial charge in [-0.25, -0.2) is 4.79 Å². The highest BCUT2D eigenvalue weighted by molar-refractivity contribution is 5.74. The molecule has 136 valence electrons. The molecule has 1 aliphatic carbocycles. The molecule has 0 radical (unpaired) electrons. The highest BCUT2D eigenvalue weighted by Crippen LogP contribution is 2.39. The van der Waals surface area contributed by atoms with E-state index in [4.69, 9.17) is 9.47 Å². The highest BCUT2D eigenvalue weighted by Gasteiger charge is 2.40. The van der Waals surface area contributed by atoms with Crippen molar-refractivity contribution in [2.24, 2.45) is 0 Å². The van der Waals surface area contributed by atoms with Crippen molar-refractivity contribution in [1.82, 2.24) is 10.6 Å². The summed E-state index contributed by atoms with van der Waals surface area (Å²) in [6, 6.07) is 6.52. The molecule has 1 atom stereocenters. The predicted molar refractivity (Wildman–Crippen MR) is 96.1 cm³/mol. The molecule has 3 aliphatic rings. The summed E-state index contributed by atoms with van der Waals surface area (Å²) in [5.74, 6) is 1.01. The van der Waals surface area contributed by atoms with Crippen molar-refractivity contribution >= 4 is 6.03 Å². The van der Waals surface area contributed by atoms with Gasteiger partial charge in [0.05, 0.1) is 12.2 Å². The van der Waals surface area contributed by atoms with Gasteiger partial charge in [-0.2, -0.15) is 0 Å². The van der Waals surface area contributed by atoms with Gasteiger partial charge in [-0.05, 0) is 49.3 Å². The smallest absolute Gasteiger partial charge is 0.315 e. The van der Waals surface area contributed by atoms with E-state index in [0.717, 1.165) is 57.5 Å². The minimum atomic E-state index is -0.0514. The number of urea groups is 1. The summed E-state index contributed by atoms with van der Waals surface area (Å²) >= 11 is 0. The van der Waals surface area contributed by atoms with E-state index in [1.165, 1.54) is 24.0 Å². The van der Waals surface area contributed by atoms with E-state index >= 15 is 0 Å². The van der Waals surface area contributed by atoms with Crippen LogP contribution in [0.1, 0.15) is 49.7 Å². The van der Waals surface area contributed by atoms with E-state index in [1.54, 1.807) is 0 Å². The molecular weight excluding hydrogens is 316 g/mol. The number of carbonyl (C=O) groups excluding carboxylic acids is 1. The number of hydrogen-bond donors (Lipinski definition) is 2. The molecule has 2 amide bonds. The van der Waals surface area contributed by atoms with E-state index in [-0.39, 0.29) is 17.7 Å². The molecule has 25 heavy (non-hydrogen) atoms. The van der Waals surface area contributed by atoms with Gasteiger partial charge in [0.1, 0.15) is 5.75 Å². The lowest BCUT2D eigenvalue weighted by Crippen LogP contribution is -2.50. The van der Waals surface area contributed by atoms with E-state index in [1.807, 2.05) is 6.07 Å². The molecule has 0 aromatic heterocycles. The van der Waals surface area contributed by atoms with Crippen LogP contribution in [0.4, 0.5) is 4.79 Å². The molecule has 1 saturated heterocycles. The van der Waals surface area contributed by atoms with Crippen molar-refractivity contribution in [3.05, 3.63) is 29.3 Å². The molecule has 1 saturated carbocycles. The average molecular weight is 344 g/mol. The minimum Gasteiger partial charge on any atom is -0.493 e. The van der Waals surface area contributed by atoms with E-state index < -0.39 is 0 Å². The minimum absolute atomic E-state index is 0.0443. The third kappa shape index (κ3) is 3.92. The van der Waals surface area contributed by atoms with Crippen LogP contribution in [0.15, 0.2) is 18.2 Å². The molecule has 1 aromatic rings. The lowest BCUT2D eigenvalue weighted by molar-refractivity contribution is -0.0820. The summed E-state index contributed by atoms with van der Waals surface area (Å²) in [6.45, 7) is 2.20. The topological polar surface area (TPSA) is 59.6 Å². The first-order valence-electron chi connectivity index (χ1n) is 9.65. The van der Waals surface area contributed by atoms with Gasteiger partial charge >= 0.3 is 6.03 Å². The van der Waals surface area contributed by atoms with Crippen LogP contribution in [-0.4, -0.2) is 37.4 Å². The molecular formula is C20H28N2O3. The van der Waals surface area contributed by atoms with Crippen LogP contribution in [0.3, 0.4) is 0 Å². The highest BCUT2D eigenvalue weighted by atomic mass is 16.5. The molecule has 2 fully saturated rings. The number of ether oxygens (including phenoxy) is 2. The molecule has 5 heteroatoms. The Bertz CT molecular complexity index is 625. The Kier molecular flexibility index (Phi) is 4.84. The molecule has 1 unspecified atom stereocenters. The van der Waals surface area contributed by atoms with Gasteiger partial charge in [0.25, 0.3) is 0 Å². The monoisotopic (exact) mass is 344 g/mol. The number of hydrogen-bond acceptors (Lipinski definition) is 3. The van der Waals surface area contributed by atoms with Crippen molar-refractivity contribution in [3.8, 4) is 5.75 Å².